The fourth-order valence-electron chi connectivity index (χ4n) is 8.47. The lowest BCUT2D eigenvalue weighted by Crippen LogP contribution is -2.57. The second-order valence-corrected chi connectivity index (χ2v) is 19.1. The van der Waals surface area contributed by atoms with Gasteiger partial charge in [-0.15, -0.1) is 11.3 Å². The van der Waals surface area contributed by atoms with E-state index in [1.54, 1.807) is 11.3 Å². The zero-order valence-corrected chi connectivity index (χ0v) is 39.8. The molecule has 5 aromatic rings. The van der Waals surface area contributed by atoms with E-state index in [1.165, 1.54) is 27.2 Å². The summed E-state index contributed by atoms with van der Waals surface area (Å²) in [6.45, 7) is 12.5. The van der Waals surface area contributed by atoms with Gasteiger partial charge in [0.1, 0.15) is 24.4 Å². The first-order chi connectivity index (χ1) is 31.3. The highest BCUT2D eigenvalue weighted by Gasteiger charge is 2.44. The second kappa shape index (κ2) is 23.5. The number of thiazole rings is 1. The third-order valence-electron chi connectivity index (χ3n) is 12.1. The lowest BCUT2D eigenvalue weighted by molar-refractivity contribution is -0.144. The third-order valence-corrected chi connectivity index (χ3v) is 13.1. The highest BCUT2D eigenvalue weighted by atomic mass is 32.1. The molecule has 6 rings (SSSR count). The lowest BCUT2D eigenvalue weighted by atomic mass is 9.85. The molecule has 65 heavy (non-hydrogen) atoms. The number of aromatic nitrogens is 1. The lowest BCUT2D eigenvalue weighted by Gasteiger charge is -2.35. The molecule has 0 unspecified atom stereocenters. The van der Waals surface area contributed by atoms with Crippen LogP contribution in [0.5, 0.6) is 5.75 Å². The van der Waals surface area contributed by atoms with Crippen LogP contribution in [-0.4, -0.2) is 89.1 Å². The molecule has 11 heteroatoms. The Morgan fingerprint density at radius 3 is 2.14 bits per heavy atom. The highest BCUT2D eigenvalue weighted by Crippen LogP contribution is 2.35. The number of amides is 3. The molecular formula is C54H67N5O5S. The predicted octanol–water partition coefficient (Wildman–Crippen LogP) is 9.56. The number of likely N-dealkylation sites (tertiary alicyclic amines) is 1. The minimum atomic E-state index is -0.843. The van der Waals surface area contributed by atoms with Crippen LogP contribution in [0.2, 0.25) is 0 Å². The van der Waals surface area contributed by atoms with Crippen LogP contribution < -0.4 is 15.4 Å². The number of carbonyl (C=O) groups is 3. The van der Waals surface area contributed by atoms with E-state index in [0.29, 0.717) is 26.0 Å². The molecule has 1 aromatic heterocycles. The number of rotatable bonds is 21. The third kappa shape index (κ3) is 13.7. The number of hydrogen-bond donors (Lipinski definition) is 3. The van der Waals surface area contributed by atoms with Gasteiger partial charge in [0, 0.05) is 32.5 Å². The second-order valence-electron chi connectivity index (χ2n) is 18.2. The van der Waals surface area contributed by atoms with Gasteiger partial charge in [0.15, 0.2) is 0 Å². The van der Waals surface area contributed by atoms with Crippen molar-refractivity contribution in [2.45, 2.75) is 104 Å². The monoisotopic (exact) mass is 897 g/mol. The number of likely N-dealkylation sites (N-methyl/N-ethyl adjacent to an activating group) is 1. The number of carbonyl (C=O) groups excluding carboxylic acids is 3. The molecule has 344 valence electrons. The van der Waals surface area contributed by atoms with Gasteiger partial charge in [-0.3, -0.25) is 14.4 Å². The number of aliphatic hydroxyl groups is 1. The minimum absolute atomic E-state index is 0.0408. The van der Waals surface area contributed by atoms with E-state index in [2.05, 4.69) is 119 Å². The normalized spacial score (nSPS) is 16.0. The number of aryl methyl sites for hydroxylation is 1. The van der Waals surface area contributed by atoms with Gasteiger partial charge < -0.3 is 30.3 Å². The van der Waals surface area contributed by atoms with Gasteiger partial charge >= 0.3 is 0 Å². The van der Waals surface area contributed by atoms with Crippen LogP contribution in [0.4, 0.5) is 0 Å². The maximum Gasteiger partial charge on any atom is 0.246 e. The summed E-state index contributed by atoms with van der Waals surface area (Å²) in [5.74, 6) is -0.0154. The van der Waals surface area contributed by atoms with Crippen molar-refractivity contribution in [2.24, 2.45) is 5.41 Å². The average molecular weight is 898 g/mol. The van der Waals surface area contributed by atoms with Crippen LogP contribution in [0.3, 0.4) is 0 Å². The summed E-state index contributed by atoms with van der Waals surface area (Å²) >= 11 is 1.59. The van der Waals surface area contributed by atoms with Gasteiger partial charge in [-0.05, 0) is 96.3 Å². The highest BCUT2D eigenvalue weighted by molar-refractivity contribution is 7.13. The van der Waals surface area contributed by atoms with Crippen molar-refractivity contribution in [2.75, 3.05) is 33.3 Å². The number of β-amino-alcohol motifs (C(OH)–C–C–N with tert-alkyl or cyclic N) is 1. The first kappa shape index (κ1) is 48.8. The number of benzene rings is 4. The quantitative estimate of drug-likeness (QED) is 0.0495. The van der Waals surface area contributed by atoms with Gasteiger partial charge in [-0.1, -0.05) is 138 Å². The van der Waals surface area contributed by atoms with E-state index in [4.69, 9.17) is 4.74 Å². The van der Waals surface area contributed by atoms with Crippen molar-refractivity contribution in [3.63, 3.8) is 0 Å². The van der Waals surface area contributed by atoms with Crippen LogP contribution in [-0.2, 0) is 20.9 Å². The van der Waals surface area contributed by atoms with Crippen LogP contribution in [0.1, 0.15) is 101 Å². The summed E-state index contributed by atoms with van der Waals surface area (Å²) in [5.41, 5.74) is 10.3. The number of hydrogen-bond acceptors (Lipinski definition) is 8. The first-order valence-electron chi connectivity index (χ1n) is 23.1. The van der Waals surface area contributed by atoms with Crippen molar-refractivity contribution in [3.8, 4) is 16.2 Å². The Bertz CT molecular complexity index is 2320. The number of aliphatic hydroxyl groups excluding tert-OH is 1. The van der Waals surface area contributed by atoms with E-state index in [0.717, 1.165) is 71.8 Å². The Kier molecular flexibility index (Phi) is 17.7. The first-order valence-corrected chi connectivity index (χ1v) is 24.0. The molecule has 1 fully saturated rings. The SMILES string of the molecule is CC/C(=C(\c1ccccc1)c1ccc(OCCN(C)CCCCCCC(=O)N[C@H](C(=O)N2C[C@H](O)C[C@H]2C(=O)NCc2ccc(-c3scnc3C)cc2)C(C)(C)C)cc1)c1ccccc1. The zero-order valence-electron chi connectivity index (χ0n) is 39.0. The topological polar surface area (TPSA) is 124 Å². The van der Waals surface area contributed by atoms with Crippen molar-refractivity contribution >= 4 is 40.2 Å². The van der Waals surface area contributed by atoms with Crippen molar-refractivity contribution < 1.29 is 24.2 Å². The molecule has 1 aliphatic heterocycles. The number of nitrogens with zero attached hydrogens (tertiary/aromatic N) is 3. The van der Waals surface area contributed by atoms with Gasteiger partial charge in [0.25, 0.3) is 0 Å². The van der Waals surface area contributed by atoms with Gasteiger partial charge in [0.05, 0.1) is 22.2 Å². The van der Waals surface area contributed by atoms with Crippen molar-refractivity contribution in [3.05, 3.63) is 143 Å². The number of nitrogens with one attached hydrogen (secondary N) is 2. The Morgan fingerprint density at radius 2 is 1.51 bits per heavy atom. The summed E-state index contributed by atoms with van der Waals surface area (Å²) in [6, 6.07) is 35.9. The Balaban J connectivity index is 0.902. The maximum atomic E-state index is 14.0. The molecule has 3 atom stereocenters. The van der Waals surface area contributed by atoms with Crippen molar-refractivity contribution in [1.29, 1.82) is 0 Å². The van der Waals surface area contributed by atoms with E-state index in [9.17, 15) is 19.5 Å². The number of ether oxygens (including phenoxy) is 1. The minimum Gasteiger partial charge on any atom is -0.492 e. The standard InChI is InChI=1S/C54H67N5O5S/c1-7-46(40-18-12-10-13-19-40)49(41-20-14-11-15-21-41)42-27-29-45(30-28-42)64-33-32-58(6)31-17-9-8-16-22-48(61)57-51(54(3,4)5)53(63)59-36-44(60)34-47(59)52(62)55-35-39-23-25-43(26-24-39)50-38(2)56-37-65-50/h10-15,18-21,23-30,37,44,47,51,60H,7-9,16-17,22,31-36H2,1-6H3,(H,55,62)(H,57,61)/b49-46-/t44-,47+,51-/m1/s1. The summed E-state index contributed by atoms with van der Waals surface area (Å²) in [6.07, 6.45) is 4.15. The van der Waals surface area contributed by atoms with Crippen LogP contribution >= 0.6 is 11.3 Å². The maximum absolute atomic E-state index is 14.0. The molecular weight excluding hydrogens is 831 g/mol. The smallest absolute Gasteiger partial charge is 0.246 e. The largest absolute Gasteiger partial charge is 0.492 e. The van der Waals surface area contributed by atoms with Crippen molar-refractivity contribution in [1.82, 2.24) is 25.4 Å². The predicted molar refractivity (Wildman–Crippen MR) is 263 cm³/mol. The molecule has 2 heterocycles. The summed E-state index contributed by atoms with van der Waals surface area (Å²) < 4.78 is 6.17. The summed E-state index contributed by atoms with van der Waals surface area (Å²) in [4.78, 5) is 49.9. The Morgan fingerprint density at radius 1 is 0.862 bits per heavy atom. The van der Waals surface area contributed by atoms with E-state index in [-0.39, 0.29) is 30.7 Å². The Hall–Kier alpha value is -5.62. The fraction of sp³-hybridized carbons (Fsp3) is 0.407. The molecule has 1 saturated heterocycles. The van der Waals surface area contributed by atoms with E-state index in [1.807, 2.05) is 57.5 Å². The summed E-state index contributed by atoms with van der Waals surface area (Å²) in [5, 5.41) is 16.6. The number of allylic oxidation sites excluding steroid dienone is 1. The molecule has 4 aromatic carbocycles. The van der Waals surface area contributed by atoms with E-state index >= 15 is 0 Å². The van der Waals surface area contributed by atoms with Crippen LogP contribution in [0, 0.1) is 12.3 Å². The van der Waals surface area contributed by atoms with Gasteiger partial charge in [-0.2, -0.15) is 0 Å². The van der Waals surface area contributed by atoms with Crippen LogP contribution in [0.25, 0.3) is 21.6 Å². The molecule has 10 nitrogen and oxygen atoms in total. The van der Waals surface area contributed by atoms with E-state index < -0.39 is 23.6 Å². The average Bonchev–Trinajstić information content (AvgIpc) is 3.93. The molecule has 3 amide bonds. The molecule has 0 bridgehead atoms. The molecule has 3 N–H and O–H groups in total. The zero-order chi connectivity index (χ0) is 46.3. The van der Waals surface area contributed by atoms with Crippen LogP contribution in [0.15, 0.2) is 115 Å². The van der Waals surface area contributed by atoms with Gasteiger partial charge in [0.2, 0.25) is 17.7 Å². The molecule has 1 aliphatic rings. The number of unbranched alkanes of at least 4 members (excludes halogenated alkanes) is 3. The summed E-state index contributed by atoms with van der Waals surface area (Å²) in [7, 11) is 2.11. The fourth-order valence-corrected chi connectivity index (χ4v) is 9.28. The molecule has 0 saturated carbocycles. The molecule has 0 radical (unpaired) electrons. The molecule has 0 spiro atoms. The Labute approximate surface area is 390 Å². The van der Waals surface area contributed by atoms with Gasteiger partial charge in [-0.25, -0.2) is 4.98 Å². The molecule has 0 aliphatic carbocycles.